The molecule has 0 saturated heterocycles. The monoisotopic (exact) mass is 250 g/mol. The number of carboxylic acids is 2. The van der Waals surface area contributed by atoms with Gasteiger partial charge in [0.15, 0.2) is 0 Å². The highest BCUT2D eigenvalue weighted by molar-refractivity contribution is 5.82. The number of benzene rings is 1. The molecule has 0 heterocycles. The first-order valence-electron chi connectivity index (χ1n) is 6.00. The summed E-state index contributed by atoms with van der Waals surface area (Å²) in [5.74, 6) is -2.95. The number of hydrogen-bond donors (Lipinski definition) is 2. The third-order valence-electron chi connectivity index (χ3n) is 3.19. The SMILES string of the molecule is CCC(C)c1ccccc1C(CC(=O)O)C(=O)O. The summed E-state index contributed by atoms with van der Waals surface area (Å²) in [4.78, 5) is 22.0. The van der Waals surface area contributed by atoms with Gasteiger partial charge in [-0.15, -0.1) is 0 Å². The standard InChI is InChI=1S/C14H18O4/c1-3-9(2)10-6-4-5-7-11(10)12(14(17)18)8-13(15)16/h4-7,9,12H,3,8H2,1-2H3,(H,15,16)(H,17,18). The van der Waals surface area contributed by atoms with E-state index < -0.39 is 17.9 Å². The van der Waals surface area contributed by atoms with Crippen LogP contribution in [0.15, 0.2) is 24.3 Å². The van der Waals surface area contributed by atoms with Crippen molar-refractivity contribution in [1.29, 1.82) is 0 Å². The molecule has 18 heavy (non-hydrogen) atoms. The fourth-order valence-corrected chi connectivity index (χ4v) is 2.00. The molecular formula is C14H18O4. The van der Waals surface area contributed by atoms with Crippen molar-refractivity contribution >= 4 is 11.9 Å². The predicted octanol–water partition coefficient (Wildman–Crippen LogP) is 2.84. The third-order valence-corrected chi connectivity index (χ3v) is 3.19. The average molecular weight is 250 g/mol. The molecule has 0 bridgehead atoms. The number of rotatable bonds is 6. The molecule has 0 radical (unpaired) electrons. The van der Waals surface area contributed by atoms with Crippen LogP contribution in [0.5, 0.6) is 0 Å². The van der Waals surface area contributed by atoms with Crippen molar-refractivity contribution in [1.82, 2.24) is 0 Å². The molecule has 2 atom stereocenters. The molecule has 4 nitrogen and oxygen atoms in total. The highest BCUT2D eigenvalue weighted by atomic mass is 16.4. The van der Waals surface area contributed by atoms with Crippen molar-refractivity contribution in [2.24, 2.45) is 0 Å². The van der Waals surface area contributed by atoms with Crippen molar-refractivity contribution < 1.29 is 19.8 Å². The second-order valence-corrected chi connectivity index (χ2v) is 4.43. The van der Waals surface area contributed by atoms with E-state index in [2.05, 4.69) is 0 Å². The molecule has 1 rings (SSSR count). The van der Waals surface area contributed by atoms with E-state index in [0.29, 0.717) is 5.56 Å². The van der Waals surface area contributed by atoms with Crippen molar-refractivity contribution in [2.45, 2.75) is 38.5 Å². The van der Waals surface area contributed by atoms with E-state index in [1.165, 1.54) is 0 Å². The van der Waals surface area contributed by atoms with Crippen molar-refractivity contribution in [2.75, 3.05) is 0 Å². The molecule has 4 heteroatoms. The van der Waals surface area contributed by atoms with Crippen molar-refractivity contribution in [3.05, 3.63) is 35.4 Å². The average Bonchev–Trinajstić information content (AvgIpc) is 2.34. The zero-order valence-corrected chi connectivity index (χ0v) is 10.6. The predicted molar refractivity (Wildman–Crippen MR) is 67.8 cm³/mol. The fraction of sp³-hybridized carbons (Fsp3) is 0.429. The molecule has 1 aromatic rings. The molecule has 0 spiro atoms. The molecule has 2 unspecified atom stereocenters. The summed E-state index contributed by atoms with van der Waals surface area (Å²) in [5.41, 5.74) is 1.54. The Morgan fingerprint density at radius 3 is 2.17 bits per heavy atom. The van der Waals surface area contributed by atoms with Gasteiger partial charge in [-0.3, -0.25) is 9.59 Å². The first-order chi connectivity index (χ1) is 8.47. The Morgan fingerprint density at radius 1 is 1.17 bits per heavy atom. The molecule has 0 aromatic heterocycles. The van der Waals surface area contributed by atoms with Crippen LogP contribution in [0.25, 0.3) is 0 Å². The molecule has 2 N–H and O–H groups in total. The van der Waals surface area contributed by atoms with Crippen LogP contribution in [0.4, 0.5) is 0 Å². The summed E-state index contributed by atoms with van der Waals surface area (Å²) in [6.07, 6.45) is 0.499. The van der Waals surface area contributed by atoms with Crippen LogP contribution in [-0.2, 0) is 9.59 Å². The lowest BCUT2D eigenvalue weighted by Crippen LogP contribution is -2.18. The summed E-state index contributed by atoms with van der Waals surface area (Å²) >= 11 is 0. The van der Waals surface area contributed by atoms with E-state index in [4.69, 9.17) is 5.11 Å². The summed E-state index contributed by atoms with van der Waals surface area (Å²) in [6, 6.07) is 7.19. The molecular weight excluding hydrogens is 232 g/mol. The van der Waals surface area contributed by atoms with Gasteiger partial charge in [-0.05, 0) is 23.5 Å². The van der Waals surface area contributed by atoms with Gasteiger partial charge in [0, 0.05) is 0 Å². The summed E-state index contributed by atoms with van der Waals surface area (Å²) in [7, 11) is 0. The Morgan fingerprint density at radius 2 is 1.72 bits per heavy atom. The topological polar surface area (TPSA) is 74.6 Å². The van der Waals surface area contributed by atoms with Crippen LogP contribution >= 0.6 is 0 Å². The minimum absolute atomic E-state index is 0.219. The van der Waals surface area contributed by atoms with E-state index in [1.807, 2.05) is 26.0 Å². The van der Waals surface area contributed by atoms with E-state index in [1.54, 1.807) is 12.1 Å². The molecule has 0 amide bonds. The lowest BCUT2D eigenvalue weighted by molar-refractivity contribution is -0.145. The number of hydrogen-bond acceptors (Lipinski definition) is 2. The summed E-state index contributed by atoms with van der Waals surface area (Å²) in [6.45, 7) is 4.03. The van der Waals surface area contributed by atoms with Crippen LogP contribution < -0.4 is 0 Å². The minimum Gasteiger partial charge on any atom is -0.481 e. The molecule has 0 saturated carbocycles. The Balaban J connectivity index is 3.19. The van der Waals surface area contributed by atoms with Gasteiger partial charge in [0.1, 0.15) is 0 Å². The molecule has 0 aliphatic rings. The summed E-state index contributed by atoms with van der Waals surface area (Å²) in [5, 5.41) is 18.0. The van der Waals surface area contributed by atoms with Gasteiger partial charge in [0.25, 0.3) is 0 Å². The molecule has 0 fully saturated rings. The number of carboxylic acid groups (broad SMARTS) is 2. The van der Waals surface area contributed by atoms with Crippen LogP contribution in [0.1, 0.15) is 49.7 Å². The fourth-order valence-electron chi connectivity index (χ4n) is 2.00. The van der Waals surface area contributed by atoms with E-state index >= 15 is 0 Å². The van der Waals surface area contributed by atoms with E-state index in [9.17, 15) is 14.7 Å². The molecule has 0 aliphatic carbocycles. The van der Waals surface area contributed by atoms with Gasteiger partial charge < -0.3 is 10.2 Å². The first-order valence-corrected chi connectivity index (χ1v) is 6.00. The van der Waals surface area contributed by atoms with Gasteiger partial charge in [0.2, 0.25) is 0 Å². The third kappa shape index (κ3) is 3.32. The van der Waals surface area contributed by atoms with Crippen molar-refractivity contribution in [3.8, 4) is 0 Å². The Bertz CT molecular complexity index is 439. The van der Waals surface area contributed by atoms with Crippen LogP contribution in [0.3, 0.4) is 0 Å². The molecule has 0 aliphatic heterocycles. The maximum absolute atomic E-state index is 11.2. The van der Waals surface area contributed by atoms with Crippen LogP contribution in [0.2, 0.25) is 0 Å². The van der Waals surface area contributed by atoms with E-state index in [-0.39, 0.29) is 12.3 Å². The highest BCUT2D eigenvalue weighted by Gasteiger charge is 2.26. The summed E-state index contributed by atoms with van der Waals surface area (Å²) < 4.78 is 0. The van der Waals surface area contributed by atoms with Gasteiger partial charge in [-0.25, -0.2) is 0 Å². The zero-order valence-electron chi connectivity index (χ0n) is 10.6. The Hall–Kier alpha value is -1.84. The maximum Gasteiger partial charge on any atom is 0.311 e. The number of aliphatic carboxylic acids is 2. The minimum atomic E-state index is -1.10. The zero-order chi connectivity index (χ0) is 13.7. The lowest BCUT2D eigenvalue weighted by Gasteiger charge is -2.19. The van der Waals surface area contributed by atoms with Gasteiger partial charge >= 0.3 is 11.9 Å². The molecule has 98 valence electrons. The van der Waals surface area contributed by atoms with Crippen molar-refractivity contribution in [3.63, 3.8) is 0 Å². The first kappa shape index (κ1) is 14.2. The quantitative estimate of drug-likeness (QED) is 0.814. The van der Waals surface area contributed by atoms with Crippen LogP contribution in [0, 0.1) is 0 Å². The normalized spacial score (nSPS) is 13.9. The van der Waals surface area contributed by atoms with E-state index in [0.717, 1.165) is 12.0 Å². The second-order valence-electron chi connectivity index (χ2n) is 4.43. The maximum atomic E-state index is 11.2. The largest absolute Gasteiger partial charge is 0.481 e. The second kappa shape index (κ2) is 6.19. The van der Waals surface area contributed by atoms with Gasteiger partial charge in [-0.1, -0.05) is 38.1 Å². The van der Waals surface area contributed by atoms with Gasteiger partial charge in [-0.2, -0.15) is 0 Å². The smallest absolute Gasteiger partial charge is 0.311 e. The lowest BCUT2D eigenvalue weighted by atomic mass is 9.85. The van der Waals surface area contributed by atoms with Crippen LogP contribution in [-0.4, -0.2) is 22.2 Å². The van der Waals surface area contributed by atoms with Gasteiger partial charge in [0.05, 0.1) is 12.3 Å². The number of carbonyl (C=O) groups is 2. The Labute approximate surface area is 106 Å². The Kier molecular flexibility index (Phi) is 4.89. The molecule has 1 aromatic carbocycles. The highest BCUT2D eigenvalue weighted by Crippen LogP contribution is 2.30.